The van der Waals surface area contributed by atoms with Crippen molar-refractivity contribution < 1.29 is 0 Å². The molecular weight excluding hydrogens is 641 g/mol. The largest absolute Gasteiger partial charge is 0.135 e. The van der Waals surface area contributed by atoms with E-state index in [1.54, 1.807) is 0 Å². The van der Waals surface area contributed by atoms with Gasteiger partial charge in [0.2, 0.25) is 0 Å². The fourth-order valence-corrected chi connectivity index (χ4v) is 10.6. The highest BCUT2D eigenvalue weighted by Gasteiger charge is 2.17. The molecule has 0 amide bonds. The fourth-order valence-electron chi connectivity index (χ4n) is 8.14. The van der Waals surface area contributed by atoms with Crippen LogP contribution in [0.1, 0.15) is 0 Å². The quantitative estimate of drug-likeness (QED) is 0.164. The van der Waals surface area contributed by atoms with E-state index in [0.29, 0.717) is 0 Å². The predicted molar refractivity (Wildman–Crippen MR) is 221 cm³/mol. The van der Waals surface area contributed by atoms with E-state index in [2.05, 4.69) is 170 Å². The molecule has 0 saturated heterocycles. The molecule has 2 aromatic heterocycles. The summed E-state index contributed by atoms with van der Waals surface area (Å²) in [5.74, 6) is 0. The topological polar surface area (TPSA) is 0 Å². The smallest absolute Gasteiger partial charge is 0.0433 e. The van der Waals surface area contributed by atoms with Gasteiger partial charge in [0.25, 0.3) is 0 Å². The Labute approximate surface area is 297 Å². The van der Waals surface area contributed by atoms with Gasteiger partial charge >= 0.3 is 0 Å². The first-order chi connectivity index (χ1) is 24.8. The maximum atomic E-state index is 2.42. The molecule has 11 aromatic rings. The Hall–Kier alpha value is -5.80. The maximum Gasteiger partial charge on any atom is 0.0433 e. The van der Waals surface area contributed by atoms with Crippen LogP contribution in [0.2, 0.25) is 0 Å². The molecule has 50 heavy (non-hydrogen) atoms. The second-order valence-corrected chi connectivity index (χ2v) is 15.3. The van der Waals surface area contributed by atoms with E-state index in [1.807, 2.05) is 22.7 Å². The highest BCUT2D eigenvalue weighted by Crippen LogP contribution is 2.45. The van der Waals surface area contributed by atoms with E-state index in [4.69, 9.17) is 0 Å². The van der Waals surface area contributed by atoms with Crippen molar-refractivity contribution in [3.05, 3.63) is 170 Å². The molecule has 2 heteroatoms. The summed E-state index contributed by atoms with van der Waals surface area (Å²) in [6.45, 7) is 0. The monoisotopic (exact) mass is 668 g/mol. The summed E-state index contributed by atoms with van der Waals surface area (Å²) >= 11 is 3.80. The van der Waals surface area contributed by atoms with Crippen molar-refractivity contribution in [3.63, 3.8) is 0 Å². The maximum absolute atomic E-state index is 2.42. The van der Waals surface area contributed by atoms with Crippen LogP contribution in [0, 0.1) is 0 Å². The average Bonchev–Trinajstić information content (AvgIpc) is 3.76. The molecular formula is C48H28S2. The molecule has 0 spiro atoms. The highest BCUT2D eigenvalue weighted by atomic mass is 32.1. The molecule has 0 radical (unpaired) electrons. The average molecular weight is 669 g/mol. The van der Waals surface area contributed by atoms with Crippen LogP contribution < -0.4 is 0 Å². The van der Waals surface area contributed by atoms with Crippen LogP contribution in [0.25, 0.3) is 106 Å². The number of thiophene rings is 2. The third kappa shape index (κ3) is 4.16. The Morgan fingerprint density at radius 2 is 0.640 bits per heavy atom. The van der Waals surface area contributed by atoms with E-state index in [9.17, 15) is 0 Å². The summed E-state index contributed by atoms with van der Waals surface area (Å²) in [5, 5.41) is 13.1. The predicted octanol–water partition coefficient (Wildman–Crippen LogP) is 14.9. The SMILES string of the molecule is c1ccc2c(c1)sc1c(-c3cc(-c4ccc5c6ccccc6c6ccccc6c5c4)cc(-c4cccc5c4sc4ccccc45)c3)cccc12. The number of fused-ring (bicyclic) bond motifs is 12. The number of hydrogen-bond acceptors (Lipinski definition) is 2. The normalized spacial score (nSPS) is 12.0. The van der Waals surface area contributed by atoms with E-state index in [-0.39, 0.29) is 0 Å². The fraction of sp³-hybridized carbons (Fsp3) is 0. The minimum atomic E-state index is 1.23. The van der Waals surface area contributed by atoms with Crippen LogP contribution in [0.4, 0.5) is 0 Å². The van der Waals surface area contributed by atoms with Gasteiger partial charge in [-0.3, -0.25) is 0 Å². The van der Waals surface area contributed by atoms with E-state index in [0.717, 1.165) is 0 Å². The Kier molecular flexibility index (Phi) is 6.09. The molecule has 0 N–H and O–H groups in total. The molecule has 0 aliphatic carbocycles. The Bertz CT molecular complexity index is 2990. The lowest BCUT2D eigenvalue weighted by Gasteiger charge is -2.15. The highest BCUT2D eigenvalue weighted by molar-refractivity contribution is 7.26. The minimum absolute atomic E-state index is 1.23. The first-order valence-electron chi connectivity index (χ1n) is 17.1. The lowest BCUT2D eigenvalue weighted by Crippen LogP contribution is -1.88. The van der Waals surface area contributed by atoms with Gasteiger partial charge in [0.15, 0.2) is 0 Å². The second-order valence-electron chi connectivity index (χ2n) is 13.2. The van der Waals surface area contributed by atoms with E-state index >= 15 is 0 Å². The Morgan fingerprint density at radius 3 is 1.16 bits per heavy atom. The molecule has 11 rings (SSSR count). The van der Waals surface area contributed by atoms with Crippen LogP contribution >= 0.6 is 22.7 Å². The second kappa shape index (κ2) is 10.9. The van der Waals surface area contributed by atoms with Crippen LogP contribution in [-0.4, -0.2) is 0 Å². The third-order valence-corrected chi connectivity index (χ3v) is 12.9. The van der Waals surface area contributed by atoms with Crippen LogP contribution in [0.3, 0.4) is 0 Å². The summed E-state index contributed by atoms with van der Waals surface area (Å²) in [6.07, 6.45) is 0. The van der Waals surface area contributed by atoms with E-state index in [1.165, 1.54) is 106 Å². The van der Waals surface area contributed by atoms with Crippen molar-refractivity contribution in [3.8, 4) is 33.4 Å². The van der Waals surface area contributed by atoms with Gasteiger partial charge in [-0.15, -0.1) is 22.7 Å². The van der Waals surface area contributed by atoms with Crippen molar-refractivity contribution in [1.29, 1.82) is 0 Å². The van der Waals surface area contributed by atoms with E-state index < -0.39 is 0 Å². The number of benzene rings is 9. The summed E-state index contributed by atoms with van der Waals surface area (Å²) in [4.78, 5) is 0. The van der Waals surface area contributed by atoms with Gasteiger partial charge in [0.1, 0.15) is 0 Å². The number of hydrogen-bond donors (Lipinski definition) is 0. The lowest BCUT2D eigenvalue weighted by atomic mass is 9.89. The van der Waals surface area contributed by atoms with Gasteiger partial charge in [-0.2, -0.15) is 0 Å². The first-order valence-corrected chi connectivity index (χ1v) is 18.7. The molecule has 0 fully saturated rings. The van der Waals surface area contributed by atoms with Crippen molar-refractivity contribution in [2.45, 2.75) is 0 Å². The minimum Gasteiger partial charge on any atom is -0.135 e. The number of rotatable bonds is 3. The zero-order chi connectivity index (χ0) is 32.8. The van der Waals surface area contributed by atoms with Crippen molar-refractivity contribution in [2.24, 2.45) is 0 Å². The summed E-state index contributed by atoms with van der Waals surface area (Å²) in [6, 6.07) is 63.2. The van der Waals surface area contributed by atoms with Gasteiger partial charge in [0, 0.05) is 40.3 Å². The molecule has 0 bridgehead atoms. The van der Waals surface area contributed by atoms with Crippen LogP contribution in [0.5, 0.6) is 0 Å². The van der Waals surface area contributed by atoms with Gasteiger partial charge in [-0.1, -0.05) is 133 Å². The Morgan fingerprint density at radius 1 is 0.240 bits per heavy atom. The van der Waals surface area contributed by atoms with Gasteiger partial charge in [-0.25, -0.2) is 0 Å². The van der Waals surface area contributed by atoms with Crippen molar-refractivity contribution >= 4 is 95.3 Å². The summed E-state index contributed by atoms with van der Waals surface area (Å²) < 4.78 is 5.34. The molecule has 0 atom stereocenters. The molecule has 0 aliphatic rings. The molecule has 232 valence electrons. The van der Waals surface area contributed by atoms with Crippen LogP contribution in [0.15, 0.2) is 170 Å². The third-order valence-electron chi connectivity index (χ3n) is 10.4. The standard InChI is InChI=1S/C48H28S2/c1-2-13-37-35(11-1)36-12-3-4-14-38(36)44-28-29(23-24-39(37)44)30-25-31(33-17-9-19-42-40-15-5-7-21-45(40)49-47(33)42)27-32(26-30)34-18-10-20-43-41-16-6-8-22-46(41)50-48(34)43/h1-28H. The molecule has 0 aliphatic heterocycles. The first kappa shape index (κ1) is 28.1. The summed E-state index contributed by atoms with van der Waals surface area (Å²) in [5.41, 5.74) is 7.52. The molecule has 0 unspecified atom stereocenters. The lowest BCUT2D eigenvalue weighted by molar-refractivity contribution is 1.62. The molecule has 0 saturated carbocycles. The van der Waals surface area contributed by atoms with Gasteiger partial charge in [0.05, 0.1) is 0 Å². The van der Waals surface area contributed by atoms with Crippen LogP contribution in [-0.2, 0) is 0 Å². The molecule has 9 aromatic carbocycles. The summed E-state index contributed by atoms with van der Waals surface area (Å²) in [7, 11) is 0. The van der Waals surface area contributed by atoms with Crippen molar-refractivity contribution in [1.82, 2.24) is 0 Å². The van der Waals surface area contributed by atoms with Gasteiger partial charge in [-0.05, 0) is 102 Å². The zero-order valence-electron chi connectivity index (χ0n) is 27.0. The Balaban J connectivity index is 1.21. The molecule has 2 heterocycles. The van der Waals surface area contributed by atoms with Crippen molar-refractivity contribution in [2.75, 3.05) is 0 Å². The van der Waals surface area contributed by atoms with Gasteiger partial charge < -0.3 is 0 Å². The molecule has 0 nitrogen and oxygen atoms in total. The zero-order valence-corrected chi connectivity index (χ0v) is 28.6.